The fraction of sp³-hybridized carbons (Fsp3) is 0.0566. The highest BCUT2D eigenvalue weighted by Gasteiger charge is 2.40. The van der Waals surface area contributed by atoms with E-state index in [1.54, 1.807) is 0 Å². The van der Waals surface area contributed by atoms with Crippen LogP contribution in [-0.2, 0) is 5.41 Å². The standard InChI is InChI=1S/C53H33N3O/c1-53(2)42-24-11-9-21-39(42)47-51(53)54-48(41-23-13-22-38-35-19-10-12-25-44(35)57-50(38)41)52(55-47)56-43-29-28-37-34-18-6-5-16-32(34)33-17-7-8-20-36(33)45(37)46(43)40-27-26-30-14-3-4-15-31(30)49(40)56/h3-29H,1-2H3. The van der Waals surface area contributed by atoms with Crippen molar-refractivity contribution in [1.29, 1.82) is 0 Å². The van der Waals surface area contributed by atoms with Crippen LogP contribution < -0.4 is 0 Å². The van der Waals surface area contributed by atoms with Gasteiger partial charge in [0.15, 0.2) is 5.82 Å². The Morgan fingerprint density at radius 2 is 1.07 bits per heavy atom. The van der Waals surface area contributed by atoms with E-state index in [4.69, 9.17) is 14.4 Å². The second-order valence-electron chi connectivity index (χ2n) is 16.0. The van der Waals surface area contributed by atoms with E-state index >= 15 is 0 Å². The summed E-state index contributed by atoms with van der Waals surface area (Å²) in [5.41, 5.74) is 9.53. The number of furan rings is 1. The van der Waals surface area contributed by atoms with Gasteiger partial charge in [0.2, 0.25) is 0 Å². The first kappa shape index (κ1) is 31.0. The minimum atomic E-state index is -0.350. The number of para-hydroxylation sites is 2. The largest absolute Gasteiger partial charge is 0.455 e. The van der Waals surface area contributed by atoms with E-state index in [-0.39, 0.29) is 5.41 Å². The molecule has 4 heteroatoms. The van der Waals surface area contributed by atoms with Crippen LogP contribution in [0, 0.1) is 0 Å². The van der Waals surface area contributed by atoms with Crippen LogP contribution in [0.25, 0.3) is 115 Å². The summed E-state index contributed by atoms with van der Waals surface area (Å²) in [5, 5.41) is 14.4. The Labute approximate surface area is 327 Å². The fourth-order valence-corrected chi connectivity index (χ4v) is 10.2. The van der Waals surface area contributed by atoms with Crippen LogP contribution >= 0.6 is 0 Å². The highest BCUT2D eigenvalue weighted by molar-refractivity contribution is 6.36. The molecule has 3 aromatic heterocycles. The van der Waals surface area contributed by atoms with Gasteiger partial charge in [-0.05, 0) is 56.1 Å². The summed E-state index contributed by atoms with van der Waals surface area (Å²) in [6.07, 6.45) is 0. The molecule has 0 amide bonds. The molecule has 0 saturated heterocycles. The molecule has 13 rings (SSSR count). The third-order valence-corrected chi connectivity index (χ3v) is 12.7. The molecule has 0 bridgehead atoms. The molecule has 1 aliphatic rings. The Kier molecular flexibility index (Phi) is 5.94. The first-order chi connectivity index (χ1) is 28.1. The van der Waals surface area contributed by atoms with Crippen molar-refractivity contribution < 1.29 is 4.42 Å². The highest BCUT2D eigenvalue weighted by Crippen LogP contribution is 2.51. The highest BCUT2D eigenvalue weighted by atomic mass is 16.3. The molecule has 0 atom stereocenters. The first-order valence-electron chi connectivity index (χ1n) is 19.7. The third-order valence-electron chi connectivity index (χ3n) is 12.7. The second-order valence-corrected chi connectivity index (χ2v) is 16.0. The van der Waals surface area contributed by atoms with Crippen molar-refractivity contribution in [2.45, 2.75) is 19.3 Å². The number of fused-ring (bicyclic) bond motifs is 18. The van der Waals surface area contributed by atoms with Crippen molar-refractivity contribution >= 4 is 86.8 Å². The van der Waals surface area contributed by atoms with Crippen molar-refractivity contribution in [3.63, 3.8) is 0 Å². The Morgan fingerprint density at radius 3 is 1.89 bits per heavy atom. The van der Waals surface area contributed by atoms with Crippen LogP contribution in [0.4, 0.5) is 0 Å². The van der Waals surface area contributed by atoms with Gasteiger partial charge in [-0.15, -0.1) is 0 Å². The molecule has 0 fully saturated rings. The van der Waals surface area contributed by atoms with Crippen molar-refractivity contribution in [2.75, 3.05) is 0 Å². The molecule has 0 unspecified atom stereocenters. The topological polar surface area (TPSA) is 43.9 Å². The molecule has 12 aromatic rings. The van der Waals surface area contributed by atoms with E-state index in [0.717, 1.165) is 67.0 Å². The van der Waals surface area contributed by atoms with Gasteiger partial charge < -0.3 is 4.42 Å². The number of rotatable bonds is 2. The molecule has 3 heterocycles. The zero-order valence-electron chi connectivity index (χ0n) is 31.3. The molecule has 57 heavy (non-hydrogen) atoms. The predicted molar refractivity (Wildman–Crippen MR) is 237 cm³/mol. The van der Waals surface area contributed by atoms with E-state index in [1.807, 2.05) is 12.1 Å². The average Bonchev–Trinajstić information content (AvgIpc) is 3.89. The maximum absolute atomic E-state index is 6.76. The number of hydrogen-bond acceptors (Lipinski definition) is 3. The summed E-state index contributed by atoms with van der Waals surface area (Å²) in [5.74, 6) is 0.787. The molecule has 0 aliphatic heterocycles. The third kappa shape index (κ3) is 3.96. The van der Waals surface area contributed by atoms with E-state index in [9.17, 15) is 0 Å². The summed E-state index contributed by atoms with van der Waals surface area (Å²) < 4.78 is 9.17. The minimum Gasteiger partial charge on any atom is -0.455 e. The zero-order chi connectivity index (χ0) is 37.6. The van der Waals surface area contributed by atoms with E-state index in [0.29, 0.717) is 0 Å². The van der Waals surface area contributed by atoms with Gasteiger partial charge in [-0.25, -0.2) is 9.97 Å². The maximum atomic E-state index is 6.76. The van der Waals surface area contributed by atoms with Crippen molar-refractivity contribution in [3.05, 3.63) is 175 Å². The van der Waals surface area contributed by atoms with E-state index in [2.05, 4.69) is 170 Å². The van der Waals surface area contributed by atoms with Crippen LogP contribution in [0.15, 0.2) is 168 Å². The average molecular weight is 728 g/mol. The van der Waals surface area contributed by atoms with Gasteiger partial charge in [0.05, 0.1) is 22.4 Å². The van der Waals surface area contributed by atoms with Gasteiger partial charge in [0.1, 0.15) is 16.9 Å². The van der Waals surface area contributed by atoms with Crippen LogP contribution in [0.1, 0.15) is 25.1 Å². The van der Waals surface area contributed by atoms with Crippen LogP contribution in [0.5, 0.6) is 0 Å². The Balaban J connectivity index is 1.27. The van der Waals surface area contributed by atoms with E-state index < -0.39 is 0 Å². The normalized spacial score (nSPS) is 13.6. The van der Waals surface area contributed by atoms with E-state index in [1.165, 1.54) is 59.4 Å². The van der Waals surface area contributed by atoms with Crippen LogP contribution in [0.3, 0.4) is 0 Å². The first-order valence-corrected chi connectivity index (χ1v) is 19.7. The molecular weight excluding hydrogens is 695 g/mol. The number of nitrogens with zero attached hydrogens (tertiary/aromatic N) is 3. The zero-order valence-corrected chi connectivity index (χ0v) is 31.3. The molecule has 0 radical (unpaired) electrons. The van der Waals surface area contributed by atoms with Crippen molar-refractivity contribution in [2.24, 2.45) is 0 Å². The molecule has 4 nitrogen and oxygen atoms in total. The second kappa shape index (κ2) is 10.9. The Hall–Kier alpha value is -7.30. The van der Waals surface area contributed by atoms with Gasteiger partial charge in [-0.1, -0.05) is 159 Å². The fourth-order valence-electron chi connectivity index (χ4n) is 10.2. The molecular formula is C53H33N3O. The van der Waals surface area contributed by atoms with Gasteiger partial charge in [-0.3, -0.25) is 4.57 Å². The van der Waals surface area contributed by atoms with Crippen molar-refractivity contribution in [1.82, 2.24) is 14.5 Å². The summed E-state index contributed by atoms with van der Waals surface area (Å²) in [4.78, 5) is 11.6. The lowest BCUT2D eigenvalue weighted by Gasteiger charge is -2.21. The summed E-state index contributed by atoms with van der Waals surface area (Å²) in [7, 11) is 0. The summed E-state index contributed by atoms with van der Waals surface area (Å²) in [6.45, 7) is 4.54. The molecule has 9 aromatic carbocycles. The predicted octanol–water partition coefficient (Wildman–Crippen LogP) is 14.1. The van der Waals surface area contributed by atoms with Gasteiger partial charge in [-0.2, -0.15) is 0 Å². The number of aromatic nitrogens is 3. The number of hydrogen-bond donors (Lipinski definition) is 0. The maximum Gasteiger partial charge on any atom is 0.165 e. The smallest absolute Gasteiger partial charge is 0.165 e. The molecule has 266 valence electrons. The lowest BCUT2D eigenvalue weighted by Crippen LogP contribution is -2.18. The van der Waals surface area contributed by atoms with Gasteiger partial charge >= 0.3 is 0 Å². The number of benzene rings is 9. The van der Waals surface area contributed by atoms with Crippen molar-refractivity contribution in [3.8, 4) is 28.3 Å². The lowest BCUT2D eigenvalue weighted by atomic mass is 9.85. The van der Waals surface area contributed by atoms with Crippen LogP contribution in [0.2, 0.25) is 0 Å². The Morgan fingerprint density at radius 1 is 0.456 bits per heavy atom. The molecule has 1 aliphatic carbocycles. The molecule has 0 saturated carbocycles. The lowest BCUT2D eigenvalue weighted by molar-refractivity contribution is 0.634. The van der Waals surface area contributed by atoms with Gasteiger partial charge in [0, 0.05) is 48.9 Å². The van der Waals surface area contributed by atoms with Crippen LogP contribution in [-0.4, -0.2) is 14.5 Å². The monoisotopic (exact) mass is 727 g/mol. The Bertz CT molecular complexity index is 3700. The minimum absolute atomic E-state index is 0.350. The summed E-state index contributed by atoms with van der Waals surface area (Å²) >= 11 is 0. The quantitative estimate of drug-likeness (QED) is 0.167. The molecule has 0 N–H and O–H groups in total. The summed E-state index contributed by atoms with van der Waals surface area (Å²) in [6, 6.07) is 59.0. The molecule has 0 spiro atoms. The van der Waals surface area contributed by atoms with Gasteiger partial charge in [0.25, 0.3) is 0 Å². The SMILES string of the molecule is CC1(C)c2ccccc2-c2nc(-n3c4ccc5c6ccccc6c6ccccc6c5c4c4ccc5ccccc5c43)c(-c3cccc4c3oc3ccccc34)nc21.